The number of hydrogen-bond donors (Lipinski definition) is 1. The summed E-state index contributed by atoms with van der Waals surface area (Å²) in [6.45, 7) is 1.89. The van der Waals surface area contributed by atoms with E-state index in [2.05, 4.69) is 15.3 Å². The van der Waals surface area contributed by atoms with Gasteiger partial charge in [0.2, 0.25) is 11.8 Å². The molecule has 1 aromatic heterocycles. The van der Waals surface area contributed by atoms with Crippen molar-refractivity contribution in [2.24, 2.45) is 16.8 Å². The number of thiazole rings is 1. The number of amides is 3. The Morgan fingerprint density at radius 3 is 2.54 bits per heavy atom. The number of aliphatic imine (C=N–C) groups is 1. The van der Waals surface area contributed by atoms with E-state index in [0.717, 1.165) is 59.5 Å². The number of fused-ring (bicyclic) bond motifs is 2. The average Bonchev–Trinajstić information content (AvgIpc) is 3.67. The van der Waals surface area contributed by atoms with Crippen molar-refractivity contribution in [1.29, 1.82) is 0 Å². The molecule has 0 radical (unpaired) electrons. The quantitative estimate of drug-likeness (QED) is 0.0935. The molecule has 0 unspecified atom stereocenters. The zero-order valence-electron chi connectivity index (χ0n) is 24.2. The average molecular weight is 690 g/mol. The highest BCUT2D eigenvalue weighted by Crippen LogP contribution is 2.43. The lowest BCUT2D eigenvalue weighted by atomic mass is 9.81. The number of aryl methyl sites for hydroxylation is 1. The van der Waals surface area contributed by atoms with Crippen LogP contribution in [0.3, 0.4) is 0 Å². The van der Waals surface area contributed by atoms with Crippen molar-refractivity contribution in [3.63, 3.8) is 0 Å². The Labute approximate surface area is 280 Å². The van der Waals surface area contributed by atoms with Gasteiger partial charge in [0.05, 0.1) is 48.2 Å². The van der Waals surface area contributed by atoms with E-state index in [1.807, 2.05) is 13.0 Å². The second-order valence-corrected chi connectivity index (χ2v) is 14.9. The third-order valence-electron chi connectivity index (χ3n) is 8.16. The van der Waals surface area contributed by atoms with Gasteiger partial charge in [-0.05, 0) is 85.1 Å². The third kappa shape index (κ3) is 5.83. The molecule has 4 aromatic rings. The molecule has 3 aromatic carbocycles. The second kappa shape index (κ2) is 12.3. The number of anilines is 1. The molecule has 7 rings (SSSR count). The fraction of sp³-hybridized carbons (Fsp3) is 0.219. The summed E-state index contributed by atoms with van der Waals surface area (Å²) in [7, 11) is 0. The van der Waals surface area contributed by atoms with Gasteiger partial charge in [0.15, 0.2) is 9.51 Å². The molecule has 1 saturated carbocycles. The SMILES string of the molecule is Cc1ccc(N=C2NC(=O)/C(=C/c3ccc(Sc4nc5ccc(N6C(=O)[C@H]7CCCC[C@H]7C6=O)cc5s4)c([N+](=O)[O-])c3)S2)cc1Cl. The fourth-order valence-electron chi connectivity index (χ4n) is 5.84. The Hall–Kier alpha value is -4.04. The van der Waals surface area contributed by atoms with Crippen LogP contribution in [0.25, 0.3) is 16.3 Å². The summed E-state index contributed by atoms with van der Waals surface area (Å²) in [5.74, 6) is -1.09. The molecule has 3 aliphatic rings. The summed E-state index contributed by atoms with van der Waals surface area (Å²) >= 11 is 9.83. The van der Waals surface area contributed by atoms with E-state index >= 15 is 0 Å². The van der Waals surface area contributed by atoms with Crippen molar-refractivity contribution in [2.45, 2.75) is 41.8 Å². The first-order chi connectivity index (χ1) is 22.1. The van der Waals surface area contributed by atoms with E-state index in [-0.39, 0.29) is 35.2 Å². The summed E-state index contributed by atoms with van der Waals surface area (Å²) in [6, 6.07) is 15.4. The lowest BCUT2D eigenvalue weighted by Crippen LogP contribution is -2.30. The molecule has 3 heterocycles. The summed E-state index contributed by atoms with van der Waals surface area (Å²) in [4.78, 5) is 61.6. The Bertz CT molecular complexity index is 2020. The van der Waals surface area contributed by atoms with Gasteiger partial charge in [-0.15, -0.1) is 11.3 Å². The van der Waals surface area contributed by atoms with Gasteiger partial charge in [0.25, 0.3) is 11.6 Å². The largest absolute Gasteiger partial charge is 0.300 e. The molecular formula is C32H24ClN5O5S3. The van der Waals surface area contributed by atoms with E-state index in [0.29, 0.717) is 46.8 Å². The first kappa shape index (κ1) is 30.6. The van der Waals surface area contributed by atoms with E-state index in [1.54, 1.807) is 48.5 Å². The lowest BCUT2D eigenvalue weighted by Gasteiger charge is -2.19. The van der Waals surface area contributed by atoms with Crippen molar-refractivity contribution in [2.75, 3.05) is 4.90 Å². The Morgan fingerprint density at radius 1 is 1.07 bits per heavy atom. The zero-order chi connectivity index (χ0) is 32.1. The van der Waals surface area contributed by atoms with Crippen molar-refractivity contribution >= 4 is 103 Å². The topological polar surface area (TPSA) is 135 Å². The monoisotopic (exact) mass is 689 g/mol. The van der Waals surface area contributed by atoms with Crippen molar-refractivity contribution in [3.05, 3.63) is 85.8 Å². The van der Waals surface area contributed by atoms with Crippen LogP contribution in [0.4, 0.5) is 17.1 Å². The number of hydrogen-bond acceptors (Lipinski definition) is 10. The van der Waals surface area contributed by atoms with Crippen molar-refractivity contribution < 1.29 is 19.3 Å². The van der Waals surface area contributed by atoms with Crippen LogP contribution >= 0.6 is 46.5 Å². The molecule has 0 spiro atoms. The maximum Gasteiger partial charge on any atom is 0.283 e. The number of carbonyl (C=O) groups is 3. The number of rotatable bonds is 6. The number of halogens is 1. The number of benzene rings is 3. The number of nitro benzene ring substituents is 1. The number of carbonyl (C=O) groups excluding carboxylic acids is 3. The van der Waals surface area contributed by atoms with Crippen LogP contribution in [0.1, 0.15) is 36.8 Å². The predicted octanol–water partition coefficient (Wildman–Crippen LogP) is 7.89. The normalized spacial score (nSPS) is 21.4. The van der Waals surface area contributed by atoms with Crippen LogP contribution in [-0.4, -0.2) is 32.8 Å². The molecule has 1 aliphatic carbocycles. The van der Waals surface area contributed by atoms with Gasteiger partial charge in [-0.3, -0.25) is 29.4 Å². The third-order valence-corrected chi connectivity index (χ3v) is 11.6. The summed E-state index contributed by atoms with van der Waals surface area (Å²) in [5.41, 5.74) is 3.08. The highest BCUT2D eigenvalue weighted by atomic mass is 35.5. The van der Waals surface area contributed by atoms with Crippen LogP contribution < -0.4 is 10.2 Å². The first-order valence-corrected chi connectivity index (χ1v) is 17.3. The molecule has 2 saturated heterocycles. The van der Waals surface area contributed by atoms with Crippen LogP contribution in [-0.2, 0) is 14.4 Å². The van der Waals surface area contributed by atoms with E-state index < -0.39 is 4.92 Å². The van der Waals surface area contributed by atoms with Crippen LogP contribution in [0.5, 0.6) is 0 Å². The standard InChI is InChI=1S/C32H24ClN5O5S3/c1-16-6-8-18(14-22(16)33)34-31-36-28(39)27(44-31)13-17-7-11-25(24(12-17)38(42)43)45-32-35-23-10-9-19(15-26(23)46-32)37-29(40)20-4-2-3-5-21(20)30(37)41/h6-15,20-21H,2-5H2,1H3,(H,34,36,39)/b27-13-/t20-,21+. The second-order valence-electron chi connectivity index (χ2n) is 11.1. The Kier molecular flexibility index (Phi) is 8.17. The lowest BCUT2D eigenvalue weighted by molar-refractivity contribution is -0.387. The maximum absolute atomic E-state index is 13.1. The van der Waals surface area contributed by atoms with Crippen LogP contribution in [0.2, 0.25) is 5.02 Å². The molecule has 0 bridgehead atoms. The highest BCUT2D eigenvalue weighted by molar-refractivity contribution is 8.18. The number of nitrogens with one attached hydrogen (secondary N) is 1. The van der Waals surface area contributed by atoms with Crippen molar-refractivity contribution in [3.8, 4) is 0 Å². The van der Waals surface area contributed by atoms with Crippen LogP contribution in [0, 0.1) is 28.9 Å². The predicted molar refractivity (Wildman–Crippen MR) is 182 cm³/mol. The van der Waals surface area contributed by atoms with Gasteiger partial charge >= 0.3 is 0 Å². The molecule has 10 nitrogen and oxygen atoms in total. The van der Waals surface area contributed by atoms with Crippen LogP contribution in [0.15, 0.2) is 73.7 Å². The van der Waals surface area contributed by atoms with Gasteiger partial charge < -0.3 is 5.32 Å². The van der Waals surface area contributed by atoms with Gasteiger partial charge in [-0.25, -0.2) is 9.98 Å². The van der Waals surface area contributed by atoms with Gasteiger partial charge in [-0.1, -0.05) is 48.3 Å². The molecule has 3 amide bonds. The van der Waals surface area contributed by atoms with E-state index in [1.165, 1.54) is 22.3 Å². The minimum Gasteiger partial charge on any atom is -0.300 e. The molecule has 232 valence electrons. The zero-order valence-corrected chi connectivity index (χ0v) is 27.4. The number of aromatic nitrogens is 1. The minimum atomic E-state index is -0.463. The highest BCUT2D eigenvalue weighted by Gasteiger charge is 2.48. The first-order valence-electron chi connectivity index (χ1n) is 14.4. The van der Waals surface area contributed by atoms with Gasteiger partial charge in [0, 0.05) is 11.1 Å². The molecule has 2 atom stereocenters. The number of nitrogens with zero attached hydrogens (tertiary/aromatic N) is 4. The van der Waals surface area contributed by atoms with E-state index in [9.17, 15) is 24.5 Å². The number of thioether (sulfide) groups is 1. The number of nitro groups is 1. The number of amidine groups is 1. The summed E-state index contributed by atoms with van der Waals surface area (Å²) < 4.78 is 1.35. The molecular weight excluding hydrogens is 666 g/mol. The fourth-order valence-corrected chi connectivity index (χ4v) is 9.00. The molecule has 3 fully saturated rings. The smallest absolute Gasteiger partial charge is 0.283 e. The number of imide groups is 1. The Morgan fingerprint density at radius 2 is 1.83 bits per heavy atom. The Balaban J connectivity index is 1.11. The van der Waals surface area contributed by atoms with Gasteiger partial charge in [-0.2, -0.15) is 0 Å². The van der Waals surface area contributed by atoms with E-state index in [4.69, 9.17) is 11.6 Å². The molecule has 1 N–H and O–H groups in total. The molecule has 46 heavy (non-hydrogen) atoms. The summed E-state index contributed by atoms with van der Waals surface area (Å²) in [5, 5.41) is 15.7. The van der Waals surface area contributed by atoms with Crippen molar-refractivity contribution in [1.82, 2.24) is 10.3 Å². The summed E-state index contributed by atoms with van der Waals surface area (Å²) in [6.07, 6.45) is 5.00. The molecule has 14 heteroatoms. The van der Waals surface area contributed by atoms with Gasteiger partial charge in [0.1, 0.15) is 0 Å². The maximum atomic E-state index is 13.1. The minimum absolute atomic E-state index is 0.123. The molecule has 2 aliphatic heterocycles.